The normalized spacial score (nSPS) is 11.8. The van der Waals surface area contributed by atoms with Crippen LogP contribution >= 0.6 is 0 Å². The zero-order chi connectivity index (χ0) is 18.3. The summed E-state index contributed by atoms with van der Waals surface area (Å²) in [5, 5.41) is 4.82. The van der Waals surface area contributed by atoms with Crippen molar-refractivity contribution in [3.63, 3.8) is 0 Å². The van der Waals surface area contributed by atoms with Crippen LogP contribution in [0.15, 0.2) is 42.5 Å². The van der Waals surface area contributed by atoms with Crippen molar-refractivity contribution in [2.24, 2.45) is 0 Å². The van der Waals surface area contributed by atoms with E-state index in [1.54, 1.807) is 13.8 Å². The van der Waals surface area contributed by atoms with Crippen molar-refractivity contribution in [1.82, 2.24) is 10.0 Å². The standard InChI is InChI=1S/C19H26N2O3S/c1-15(2)25(23,24)21-12-6-5-9-19(22)20-14-16-10-11-17-7-3-4-8-18(17)13-16/h3-4,7-8,10-11,13,15,21H,5-6,9,12,14H2,1-2H3,(H,20,22). The smallest absolute Gasteiger partial charge is 0.220 e. The topological polar surface area (TPSA) is 75.3 Å². The minimum atomic E-state index is -3.21. The maximum absolute atomic E-state index is 11.9. The van der Waals surface area contributed by atoms with E-state index in [9.17, 15) is 13.2 Å². The lowest BCUT2D eigenvalue weighted by molar-refractivity contribution is -0.121. The molecular formula is C19H26N2O3S. The predicted molar refractivity (Wildman–Crippen MR) is 102 cm³/mol. The minimum Gasteiger partial charge on any atom is -0.352 e. The number of benzene rings is 2. The van der Waals surface area contributed by atoms with Crippen molar-refractivity contribution in [3.8, 4) is 0 Å². The van der Waals surface area contributed by atoms with Gasteiger partial charge in [0.1, 0.15) is 0 Å². The van der Waals surface area contributed by atoms with E-state index >= 15 is 0 Å². The fraction of sp³-hybridized carbons (Fsp3) is 0.421. The monoisotopic (exact) mass is 362 g/mol. The van der Waals surface area contributed by atoms with E-state index in [1.165, 1.54) is 5.39 Å². The van der Waals surface area contributed by atoms with Crippen LogP contribution in [0, 0.1) is 0 Å². The number of sulfonamides is 1. The second-order valence-corrected chi connectivity index (χ2v) is 8.72. The Morgan fingerprint density at radius 2 is 1.76 bits per heavy atom. The molecule has 2 aromatic rings. The highest BCUT2D eigenvalue weighted by Gasteiger charge is 2.14. The Balaban J connectivity index is 1.68. The first-order valence-electron chi connectivity index (χ1n) is 8.61. The zero-order valence-electron chi connectivity index (χ0n) is 14.8. The van der Waals surface area contributed by atoms with Crippen molar-refractivity contribution in [2.45, 2.75) is 44.9 Å². The van der Waals surface area contributed by atoms with Gasteiger partial charge in [0.2, 0.25) is 15.9 Å². The summed E-state index contributed by atoms with van der Waals surface area (Å²) in [6.07, 6.45) is 1.70. The molecule has 2 rings (SSSR count). The Bertz CT molecular complexity index is 816. The highest BCUT2D eigenvalue weighted by molar-refractivity contribution is 7.90. The van der Waals surface area contributed by atoms with E-state index in [2.05, 4.69) is 34.3 Å². The molecule has 0 radical (unpaired) electrons. The summed E-state index contributed by atoms with van der Waals surface area (Å²) in [6.45, 7) is 4.16. The Kier molecular flexibility index (Phi) is 6.96. The molecule has 0 aliphatic carbocycles. The number of hydrogen-bond acceptors (Lipinski definition) is 3. The SMILES string of the molecule is CC(C)S(=O)(=O)NCCCCC(=O)NCc1ccc2ccccc2c1. The molecule has 25 heavy (non-hydrogen) atoms. The van der Waals surface area contributed by atoms with Crippen molar-refractivity contribution < 1.29 is 13.2 Å². The number of fused-ring (bicyclic) bond motifs is 1. The largest absolute Gasteiger partial charge is 0.352 e. The number of carbonyl (C=O) groups excluding carboxylic acids is 1. The lowest BCUT2D eigenvalue weighted by atomic mass is 10.1. The van der Waals surface area contributed by atoms with Gasteiger partial charge < -0.3 is 5.32 Å². The van der Waals surface area contributed by atoms with Crippen LogP contribution < -0.4 is 10.0 Å². The molecule has 0 aliphatic rings. The highest BCUT2D eigenvalue weighted by atomic mass is 32.2. The Hall–Kier alpha value is -1.92. The number of nitrogens with one attached hydrogen (secondary N) is 2. The Labute approximate surface area is 149 Å². The molecule has 5 nitrogen and oxygen atoms in total. The van der Waals surface area contributed by atoms with E-state index in [1.807, 2.05) is 18.2 Å². The number of carbonyl (C=O) groups is 1. The molecule has 0 unspecified atom stereocenters. The summed E-state index contributed by atoms with van der Waals surface area (Å²) in [5.41, 5.74) is 1.07. The number of amides is 1. The van der Waals surface area contributed by atoms with Gasteiger partial charge in [-0.1, -0.05) is 36.4 Å². The molecular weight excluding hydrogens is 336 g/mol. The van der Waals surface area contributed by atoms with Crippen LogP contribution in [-0.2, 0) is 21.4 Å². The van der Waals surface area contributed by atoms with E-state index in [-0.39, 0.29) is 5.91 Å². The van der Waals surface area contributed by atoms with Crippen LogP contribution in [0.2, 0.25) is 0 Å². The average molecular weight is 362 g/mol. The fourth-order valence-electron chi connectivity index (χ4n) is 2.43. The van der Waals surface area contributed by atoms with Crippen LogP contribution in [0.1, 0.15) is 38.7 Å². The van der Waals surface area contributed by atoms with Gasteiger partial charge in [-0.25, -0.2) is 13.1 Å². The van der Waals surface area contributed by atoms with Crippen molar-refractivity contribution in [2.75, 3.05) is 6.54 Å². The quantitative estimate of drug-likeness (QED) is 0.674. The first-order valence-corrected chi connectivity index (χ1v) is 10.2. The molecule has 0 spiro atoms. The first-order chi connectivity index (χ1) is 11.9. The highest BCUT2D eigenvalue weighted by Crippen LogP contribution is 2.15. The van der Waals surface area contributed by atoms with Crippen LogP contribution in [0.3, 0.4) is 0 Å². The van der Waals surface area contributed by atoms with Gasteiger partial charge in [-0.3, -0.25) is 4.79 Å². The molecule has 0 aromatic heterocycles. The van der Waals surface area contributed by atoms with Gasteiger partial charge in [0.15, 0.2) is 0 Å². The summed E-state index contributed by atoms with van der Waals surface area (Å²) in [6, 6.07) is 14.3. The molecule has 0 atom stereocenters. The van der Waals surface area contributed by atoms with Crippen molar-refractivity contribution >= 4 is 26.7 Å². The van der Waals surface area contributed by atoms with Gasteiger partial charge in [0.25, 0.3) is 0 Å². The van der Waals surface area contributed by atoms with E-state index in [4.69, 9.17) is 0 Å². The lowest BCUT2D eigenvalue weighted by Crippen LogP contribution is -2.31. The third kappa shape index (κ3) is 6.14. The lowest BCUT2D eigenvalue weighted by Gasteiger charge is -2.09. The summed E-state index contributed by atoms with van der Waals surface area (Å²) in [4.78, 5) is 11.9. The zero-order valence-corrected chi connectivity index (χ0v) is 15.6. The molecule has 0 bridgehead atoms. The molecule has 2 aromatic carbocycles. The molecule has 2 N–H and O–H groups in total. The van der Waals surface area contributed by atoms with Gasteiger partial charge in [-0.15, -0.1) is 0 Å². The second-order valence-electron chi connectivity index (χ2n) is 6.40. The van der Waals surface area contributed by atoms with Crippen molar-refractivity contribution in [1.29, 1.82) is 0 Å². The van der Waals surface area contributed by atoms with Crippen LogP contribution in [0.25, 0.3) is 10.8 Å². The Morgan fingerprint density at radius 1 is 1.04 bits per heavy atom. The number of unbranched alkanes of at least 4 members (excludes halogenated alkanes) is 1. The summed E-state index contributed by atoms with van der Waals surface area (Å²) >= 11 is 0. The third-order valence-corrected chi connectivity index (χ3v) is 5.91. The first kappa shape index (κ1) is 19.4. The molecule has 0 aliphatic heterocycles. The van der Waals surface area contributed by atoms with Crippen LogP contribution in [0.4, 0.5) is 0 Å². The van der Waals surface area contributed by atoms with Crippen LogP contribution in [-0.4, -0.2) is 26.1 Å². The van der Waals surface area contributed by atoms with E-state index in [0.29, 0.717) is 32.4 Å². The summed E-state index contributed by atoms with van der Waals surface area (Å²) < 4.78 is 25.7. The fourth-order valence-corrected chi connectivity index (χ4v) is 3.19. The average Bonchev–Trinajstić information content (AvgIpc) is 2.59. The van der Waals surface area contributed by atoms with Gasteiger partial charge in [-0.05, 0) is 49.1 Å². The van der Waals surface area contributed by atoms with Crippen molar-refractivity contribution in [3.05, 3.63) is 48.0 Å². The molecule has 6 heteroatoms. The summed E-state index contributed by atoms with van der Waals surface area (Å²) in [7, 11) is -3.21. The second kappa shape index (κ2) is 8.97. The predicted octanol–water partition coefficient (Wildman–Crippen LogP) is 2.95. The molecule has 0 saturated carbocycles. The number of hydrogen-bond donors (Lipinski definition) is 2. The van der Waals surface area contributed by atoms with Gasteiger partial charge >= 0.3 is 0 Å². The Morgan fingerprint density at radius 3 is 2.48 bits per heavy atom. The minimum absolute atomic E-state index is 0.0140. The maximum atomic E-state index is 11.9. The van der Waals surface area contributed by atoms with E-state index in [0.717, 1.165) is 10.9 Å². The van der Waals surface area contributed by atoms with Gasteiger partial charge in [0, 0.05) is 19.5 Å². The van der Waals surface area contributed by atoms with Gasteiger partial charge in [0.05, 0.1) is 5.25 Å². The number of rotatable bonds is 9. The third-order valence-electron chi connectivity index (χ3n) is 4.06. The molecule has 0 fully saturated rings. The van der Waals surface area contributed by atoms with Gasteiger partial charge in [-0.2, -0.15) is 0 Å². The molecule has 0 heterocycles. The molecule has 1 amide bonds. The summed E-state index contributed by atoms with van der Waals surface area (Å²) in [5.74, 6) is -0.0140. The van der Waals surface area contributed by atoms with E-state index < -0.39 is 15.3 Å². The van der Waals surface area contributed by atoms with Crippen LogP contribution in [0.5, 0.6) is 0 Å². The maximum Gasteiger partial charge on any atom is 0.220 e. The molecule has 0 saturated heterocycles. The molecule has 136 valence electrons.